The summed E-state index contributed by atoms with van der Waals surface area (Å²) in [6, 6.07) is 6.85. The summed E-state index contributed by atoms with van der Waals surface area (Å²) in [6.07, 6.45) is 3.67. The fourth-order valence-corrected chi connectivity index (χ4v) is 3.55. The van der Waals surface area contributed by atoms with Gasteiger partial charge in [-0.05, 0) is 58.9 Å². The Kier molecular flexibility index (Phi) is 4.31. The van der Waals surface area contributed by atoms with Crippen LogP contribution >= 0.6 is 27.3 Å². The Labute approximate surface area is 114 Å². The van der Waals surface area contributed by atoms with Gasteiger partial charge in [0, 0.05) is 33.8 Å². The van der Waals surface area contributed by atoms with E-state index in [9.17, 15) is 0 Å². The average Bonchev–Trinajstić information content (AvgIpc) is 2.76. The van der Waals surface area contributed by atoms with Crippen molar-refractivity contribution in [3.05, 3.63) is 50.9 Å². The first-order chi connectivity index (χ1) is 8.18. The van der Waals surface area contributed by atoms with Crippen LogP contribution in [-0.4, -0.2) is 4.98 Å². The molecule has 4 heteroatoms. The molecule has 0 spiro atoms. The molecule has 0 radical (unpaired) electrons. The summed E-state index contributed by atoms with van der Waals surface area (Å²) in [6.45, 7) is 4.36. The average molecular weight is 311 g/mol. The lowest BCUT2D eigenvalue weighted by molar-refractivity contribution is 0.499. The minimum atomic E-state index is 0.321. The van der Waals surface area contributed by atoms with E-state index >= 15 is 0 Å². The third kappa shape index (κ3) is 3.15. The van der Waals surface area contributed by atoms with Gasteiger partial charge >= 0.3 is 0 Å². The van der Waals surface area contributed by atoms with E-state index in [2.05, 4.69) is 51.5 Å². The first-order valence-corrected chi connectivity index (χ1v) is 7.24. The fourth-order valence-electron chi connectivity index (χ4n) is 1.81. The molecule has 0 bridgehead atoms. The fraction of sp³-hybridized carbons (Fsp3) is 0.308. The Morgan fingerprint density at radius 2 is 1.88 bits per heavy atom. The maximum absolute atomic E-state index is 4.04. The quantitative estimate of drug-likeness (QED) is 0.909. The van der Waals surface area contributed by atoms with E-state index in [4.69, 9.17) is 0 Å². The Morgan fingerprint density at radius 1 is 1.18 bits per heavy atom. The van der Waals surface area contributed by atoms with Gasteiger partial charge in [0.2, 0.25) is 0 Å². The molecule has 0 amide bonds. The smallest absolute Gasteiger partial charge is 0.0402 e. The molecule has 2 aromatic rings. The van der Waals surface area contributed by atoms with Gasteiger partial charge in [0.05, 0.1) is 0 Å². The number of aromatic nitrogens is 1. The molecule has 90 valence electrons. The van der Waals surface area contributed by atoms with E-state index < -0.39 is 0 Å². The molecule has 1 N–H and O–H groups in total. The van der Waals surface area contributed by atoms with E-state index in [1.54, 1.807) is 11.3 Å². The molecular formula is C13H15BrN2S. The molecule has 0 saturated heterocycles. The maximum atomic E-state index is 4.04. The summed E-state index contributed by atoms with van der Waals surface area (Å²) in [4.78, 5) is 5.38. The van der Waals surface area contributed by atoms with Gasteiger partial charge in [0.15, 0.2) is 0 Å². The number of halogens is 1. The van der Waals surface area contributed by atoms with E-state index in [-0.39, 0.29) is 0 Å². The number of thiophene rings is 1. The van der Waals surface area contributed by atoms with Gasteiger partial charge in [-0.1, -0.05) is 0 Å². The Bertz CT molecular complexity index is 469. The summed E-state index contributed by atoms with van der Waals surface area (Å²) in [5.41, 5.74) is 1.26. The third-order valence-corrected chi connectivity index (χ3v) is 4.80. The zero-order valence-electron chi connectivity index (χ0n) is 9.85. The molecule has 2 atom stereocenters. The summed E-state index contributed by atoms with van der Waals surface area (Å²) in [5, 5.41) is 5.70. The van der Waals surface area contributed by atoms with Crippen LogP contribution in [0.5, 0.6) is 0 Å². The van der Waals surface area contributed by atoms with Crippen LogP contribution in [0.25, 0.3) is 0 Å². The summed E-state index contributed by atoms with van der Waals surface area (Å²) >= 11 is 5.35. The van der Waals surface area contributed by atoms with Crippen molar-refractivity contribution in [3.63, 3.8) is 0 Å². The van der Waals surface area contributed by atoms with Crippen LogP contribution in [0.1, 0.15) is 36.4 Å². The number of nitrogens with zero attached hydrogens (tertiary/aromatic N) is 1. The van der Waals surface area contributed by atoms with Gasteiger partial charge in [-0.2, -0.15) is 0 Å². The second kappa shape index (κ2) is 5.76. The standard InChI is InChI=1S/C13H15BrN2S/c1-9(11-3-6-15-7-4-11)16-10(2)13-12(14)5-8-17-13/h3-10,16H,1-2H3. The molecular weight excluding hydrogens is 296 g/mol. The molecule has 0 aliphatic heterocycles. The van der Waals surface area contributed by atoms with Crippen LogP contribution in [-0.2, 0) is 0 Å². The van der Waals surface area contributed by atoms with Crippen LogP contribution in [0.15, 0.2) is 40.4 Å². The predicted molar refractivity (Wildman–Crippen MR) is 76.2 cm³/mol. The van der Waals surface area contributed by atoms with Gasteiger partial charge in [-0.25, -0.2) is 0 Å². The Balaban J connectivity index is 2.05. The Morgan fingerprint density at radius 3 is 2.47 bits per heavy atom. The van der Waals surface area contributed by atoms with E-state index in [0.29, 0.717) is 12.1 Å². The first-order valence-electron chi connectivity index (χ1n) is 5.57. The van der Waals surface area contributed by atoms with Crippen molar-refractivity contribution >= 4 is 27.3 Å². The predicted octanol–water partition coefficient (Wildman–Crippen LogP) is 4.32. The van der Waals surface area contributed by atoms with Crippen molar-refractivity contribution in [1.29, 1.82) is 0 Å². The van der Waals surface area contributed by atoms with Crippen LogP contribution < -0.4 is 5.32 Å². The monoisotopic (exact) mass is 310 g/mol. The van der Waals surface area contributed by atoms with Gasteiger partial charge in [-0.15, -0.1) is 11.3 Å². The molecule has 0 aliphatic rings. The highest BCUT2D eigenvalue weighted by Crippen LogP contribution is 2.30. The summed E-state index contributed by atoms with van der Waals surface area (Å²) < 4.78 is 1.18. The maximum Gasteiger partial charge on any atom is 0.0402 e. The summed E-state index contributed by atoms with van der Waals surface area (Å²) in [5.74, 6) is 0. The van der Waals surface area contributed by atoms with Crippen molar-refractivity contribution < 1.29 is 0 Å². The van der Waals surface area contributed by atoms with E-state index in [1.165, 1.54) is 14.9 Å². The number of hydrogen-bond donors (Lipinski definition) is 1. The minimum absolute atomic E-state index is 0.321. The van der Waals surface area contributed by atoms with Crippen LogP contribution in [0.4, 0.5) is 0 Å². The zero-order valence-corrected chi connectivity index (χ0v) is 12.3. The molecule has 2 aromatic heterocycles. The largest absolute Gasteiger partial charge is 0.303 e. The van der Waals surface area contributed by atoms with Crippen molar-refractivity contribution in [1.82, 2.24) is 10.3 Å². The molecule has 2 heterocycles. The van der Waals surface area contributed by atoms with E-state index in [1.807, 2.05) is 24.5 Å². The minimum Gasteiger partial charge on any atom is -0.303 e. The topological polar surface area (TPSA) is 24.9 Å². The molecule has 2 unspecified atom stereocenters. The molecule has 0 saturated carbocycles. The van der Waals surface area contributed by atoms with Crippen molar-refractivity contribution in [2.24, 2.45) is 0 Å². The Hall–Kier alpha value is -0.710. The molecule has 0 aromatic carbocycles. The molecule has 0 aliphatic carbocycles. The van der Waals surface area contributed by atoms with Gasteiger partial charge in [-0.3, -0.25) is 4.98 Å². The van der Waals surface area contributed by atoms with Crippen molar-refractivity contribution in [2.45, 2.75) is 25.9 Å². The van der Waals surface area contributed by atoms with Gasteiger partial charge in [0.25, 0.3) is 0 Å². The number of nitrogens with one attached hydrogen (secondary N) is 1. The van der Waals surface area contributed by atoms with Gasteiger partial charge < -0.3 is 5.32 Å². The summed E-state index contributed by atoms with van der Waals surface area (Å²) in [7, 11) is 0. The van der Waals surface area contributed by atoms with E-state index in [0.717, 1.165) is 0 Å². The zero-order chi connectivity index (χ0) is 12.3. The third-order valence-electron chi connectivity index (χ3n) is 2.74. The second-order valence-electron chi connectivity index (χ2n) is 4.02. The number of rotatable bonds is 4. The lowest BCUT2D eigenvalue weighted by Gasteiger charge is -2.19. The lowest BCUT2D eigenvalue weighted by atomic mass is 10.1. The van der Waals surface area contributed by atoms with Crippen molar-refractivity contribution in [3.8, 4) is 0 Å². The molecule has 0 fully saturated rings. The highest BCUT2D eigenvalue weighted by Gasteiger charge is 2.14. The van der Waals surface area contributed by atoms with Crippen LogP contribution in [0.3, 0.4) is 0 Å². The number of hydrogen-bond acceptors (Lipinski definition) is 3. The lowest BCUT2D eigenvalue weighted by Crippen LogP contribution is -2.22. The molecule has 17 heavy (non-hydrogen) atoms. The molecule has 2 nitrogen and oxygen atoms in total. The highest BCUT2D eigenvalue weighted by atomic mass is 79.9. The van der Waals surface area contributed by atoms with Gasteiger partial charge in [0.1, 0.15) is 0 Å². The number of pyridine rings is 1. The highest BCUT2D eigenvalue weighted by molar-refractivity contribution is 9.10. The first kappa shape index (κ1) is 12.7. The molecule has 2 rings (SSSR count). The normalized spacial score (nSPS) is 14.5. The van der Waals surface area contributed by atoms with Crippen molar-refractivity contribution in [2.75, 3.05) is 0 Å². The second-order valence-corrected chi connectivity index (χ2v) is 5.83. The van der Waals surface area contributed by atoms with Crippen LogP contribution in [0.2, 0.25) is 0 Å². The SMILES string of the molecule is CC(NC(C)c1sccc1Br)c1ccncc1. The van der Waals surface area contributed by atoms with Crippen LogP contribution in [0, 0.1) is 0 Å².